The number of hydrogen-bond donors (Lipinski definition) is 2. The molecule has 1 heterocycles. The standard InChI is InChI=1S/C19H31N5O2S.HI/c1-3-20-19(21-11-12-22-27(2,25)26)24-16-14-23(15-17-24)13-7-10-18-8-5-4-6-9-18;/h4-10,22H,3,11-17H2,1-2H3,(H,20,21);1H. The van der Waals surface area contributed by atoms with Gasteiger partial charge in [0.05, 0.1) is 12.8 Å². The Morgan fingerprint density at radius 1 is 1.18 bits per heavy atom. The third kappa shape index (κ3) is 9.85. The van der Waals surface area contributed by atoms with Crippen molar-refractivity contribution in [2.75, 3.05) is 58.6 Å². The summed E-state index contributed by atoms with van der Waals surface area (Å²) in [5.74, 6) is 0.854. The molecule has 1 aromatic rings. The molecule has 0 saturated carbocycles. The number of guanidine groups is 1. The molecule has 1 aliphatic heterocycles. The predicted molar refractivity (Wildman–Crippen MR) is 128 cm³/mol. The fraction of sp³-hybridized carbons (Fsp3) is 0.526. The van der Waals surface area contributed by atoms with Crippen LogP contribution in [0, 0.1) is 0 Å². The summed E-state index contributed by atoms with van der Waals surface area (Å²) in [6.45, 7) is 8.28. The zero-order chi connectivity index (χ0) is 19.5. The van der Waals surface area contributed by atoms with Gasteiger partial charge in [0, 0.05) is 45.8 Å². The number of nitrogens with zero attached hydrogens (tertiary/aromatic N) is 3. The van der Waals surface area contributed by atoms with E-state index >= 15 is 0 Å². The van der Waals surface area contributed by atoms with Gasteiger partial charge in [0.15, 0.2) is 5.96 Å². The molecular weight excluding hydrogens is 489 g/mol. The first-order valence-electron chi connectivity index (χ1n) is 9.40. The maximum Gasteiger partial charge on any atom is 0.208 e. The molecule has 0 unspecified atom stereocenters. The van der Waals surface area contributed by atoms with E-state index in [9.17, 15) is 8.42 Å². The number of aliphatic imine (C=N–C) groups is 1. The van der Waals surface area contributed by atoms with Crippen molar-refractivity contribution in [3.63, 3.8) is 0 Å². The van der Waals surface area contributed by atoms with E-state index in [4.69, 9.17) is 0 Å². The average Bonchev–Trinajstić information content (AvgIpc) is 2.65. The van der Waals surface area contributed by atoms with Gasteiger partial charge in [0.2, 0.25) is 10.0 Å². The van der Waals surface area contributed by atoms with Crippen LogP contribution in [0.1, 0.15) is 12.5 Å². The van der Waals surface area contributed by atoms with E-state index in [-0.39, 0.29) is 24.0 Å². The summed E-state index contributed by atoms with van der Waals surface area (Å²) in [5.41, 5.74) is 1.22. The lowest BCUT2D eigenvalue weighted by atomic mass is 10.2. The van der Waals surface area contributed by atoms with Gasteiger partial charge in [-0.3, -0.25) is 9.89 Å². The van der Waals surface area contributed by atoms with E-state index in [1.165, 1.54) is 5.56 Å². The number of piperazine rings is 1. The summed E-state index contributed by atoms with van der Waals surface area (Å²) in [6.07, 6.45) is 5.53. The first kappa shape index (κ1) is 24.9. The highest BCUT2D eigenvalue weighted by Gasteiger charge is 2.18. The molecule has 1 aliphatic rings. The van der Waals surface area contributed by atoms with Crippen molar-refractivity contribution >= 4 is 46.0 Å². The zero-order valence-electron chi connectivity index (χ0n) is 16.7. The maximum absolute atomic E-state index is 11.1. The molecule has 1 aromatic carbocycles. The lowest BCUT2D eigenvalue weighted by molar-refractivity contribution is 0.194. The Morgan fingerprint density at radius 3 is 2.46 bits per heavy atom. The highest BCUT2D eigenvalue weighted by Crippen LogP contribution is 2.05. The molecule has 1 fully saturated rings. The fourth-order valence-electron chi connectivity index (χ4n) is 2.86. The van der Waals surface area contributed by atoms with Crippen molar-refractivity contribution in [3.8, 4) is 0 Å². The molecule has 7 nitrogen and oxygen atoms in total. The van der Waals surface area contributed by atoms with Gasteiger partial charge in [-0.2, -0.15) is 0 Å². The van der Waals surface area contributed by atoms with Crippen molar-refractivity contribution in [1.82, 2.24) is 19.8 Å². The number of halogens is 1. The summed E-state index contributed by atoms with van der Waals surface area (Å²) in [5, 5.41) is 3.30. The number of rotatable bonds is 8. The van der Waals surface area contributed by atoms with Crippen molar-refractivity contribution in [2.24, 2.45) is 4.99 Å². The van der Waals surface area contributed by atoms with E-state index in [0.717, 1.165) is 51.5 Å². The van der Waals surface area contributed by atoms with Crippen LogP contribution < -0.4 is 10.0 Å². The van der Waals surface area contributed by atoms with Crippen LogP contribution in [-0.4, -0.2) is 82.8 Å². The average molecular weight is 521 g/mol. The topological polar surface area (TPSA) is 77.0 Å². The molecule has 2 N–H and O–H groups in total. The highest BCUT2D eigenvalue weighted by atomic mass is 127. The van der Waals surface area contributed by atoms with Crippen molar-refractivity contribution in [3.05, 3.63) is 42.0 Å². The molecule has 158 valence electrons. The van der Waals surface area contributed by atoms with Crippen LogP contribution in [0.5, 0.6) is 0 Å². The van der Waals surface area contributed by atoms with E-state index in [0.29, 0.717) is 13.1 Å². The number of benzene rings is 1. The first-order valence-corrected chi connectivity index (χ1v) is 11.3. The van der Waals surface area contributed by atoms with Crippen molar-refractivity contribution < 1.29 is 8.42 Å². The molecule has 28 heavy (non-hydrogen) atoms. The molecular formula is C19H32IN5O2S. The van der Waals surface area contributed by atoms with E-state index in [2.05, 4.69) is 49.1 Å². The van der Waals surface area contributed by atoms with Gasteiger partial charge in [-0.25, -0.2) is 13.1 Å². The van der Waals surface area contributed by atoms with Gasteiger partial charge in [-0.1, -0.05) is 42.5 Å². The largest absolute Gasteiger partial charge is 0.357 e. The van der Waals surface area contributed by atoms with Gasteiger partial charge < -0.3 is 10.2 Å². The van der Waals surface area contributed by atoms with Gasteiger partial charge in [-0.05, 0) is 12.5 Å². The quantitative estimate of drug-likeness (QED) is 0.235. The molecule has 0 bridgehead atoms. The molecule has 1 saturated heterocycles. The van der Waals surface area contributed by atoms with Crippen LogP contribution in [0.3, 0.4) is 0 Å². The Balaban J connectivity index is 0.00000392. The van der Waals surface area contributed by atoms with Crippen LogP contribution in [0.4, 0.5) is 0 Å². The van der Waals surface area contributed by atoms with Crippen LogP contribution in [0.25, 0.3) is 6.08 Å². The second-order valence-electron chi connectivity index (χ2n) is 6.50. The molecule has 0 aromatic heterocycles. The highest BCUT2D eigenvalue weighted by molar-refractivity contribution is 14.0. The minimum atomic E-state index is -3.16. The minimum absolute atomic E-state index is 0. The second-order valence-corrected chi connectivity index (χ2v) is 8.34. The predicted octanol–water partition coefficient (Wildman–Crippen LogP) is 1.45. The third-order valence-electron chi connectivity index (χ3n) is 4.22. The van der Waals surface area contributed by atoms with Crippen LogP contribution in [-0.2, 0) is 10.0 Å². The Hall–Kier alpha value is -1.17. The second kappa shape index (κ2) is 13.1. The normalized spacial score (nSPS) is 16.2. The number of hydrogen-bond acceptors (Lipinski definition) is 4. The monoisotopic (exact) mass is 521 g/mol. The Morgan fingerprint density at radius 2 is 1.86 bits per heavy atom. The van der Waals surface area contributed by atoms with Gasteiger partial charge in [0.1, 0.15) is 0 Å². The van der Waals surface area contributed by atoms with E-state index in [1.54, 1.807) is 0 Å². The molecule has 2 rings (SSSR count). The summed E-state index contributed by atoms with van der Waals surface area (Å²) in [6, 6.07) is 10.3. The zero-order valence-corrected chi connectivity index (χ0v) is 19.8. The van der Waals surface area contributed by atoms with E-state index < -0.39 is 10.0 Å². The maximum atomic E-state index is 11.1. The molecule has 0 aliphatic carbocycles. The third-order valence-corrected chi connectivity index (χ3v) is 4.95. The lowest BCUT2D eigenvalue weighted by Gasteiger charge is -2.36. The summed E-state index contributed by atoms with van der Waals surface area (Å²) in [4.78, 5) is 9.20. The molecule has 0 spiro atoms. The molecule has 9 heteroatoms. The Labute approximate surface area is 186 Å². The summed E-state index contributed by atoms with van der Waals surface area (Å²) >= 11 is 0. The number of sulfonamides is 1. The Bertz CT molecular complexity index is 717. The van der Waals surface area contributed by atoms with Crippen LogP contribution in [0.2, 0.25) is 0 Å². The summed E-state index contributed by atoms with van der Waals surface area (Å²) < 4.78 is 24.7. The lowest BCUT2D eigenvalue weighted by Crippen LogP contribution is -2.52. The SMILES string of the molecule is CCNC(=NCCNS(C)(=O)=O)N1CCN(CC=Cc2ccccc2)CC1.I. The summed E-state index contributed by atoms with van der Waals surface area (Å²) in [7, 11) is -3.16. The number of nitrogens with one attached hydrogen (secondary N) is 2. The van der Waals surface area contributed by atoms with Gasteiger partial charge in [-0.15, -0.1) is 24.0 Å². The van der Waals surface area contributed by atoms with Crippen molar-refractivity contribution in [1.29, 1.82) is 0 Å². The molecule has 0 radical (unpaired) electrons. The van der Waals surface area contributed by atoms with E-state index in [1.807, 2.05) is 25.1 Å². The smallest absolute Gasteiger partial charge is 0.208 e. The molecule has 0 atom stereocenters. The van der Waals surface area contributed by atoms with Crippen LogP contribution >= 0.6 is 24.0 Å². The Kier molecular flexibility index (Phi) is 11.7. The van der Waals surface area contributed by atoms with Crippen molar-refractivity contribution in [2.45, 2.75) is 6.92 Å². The fourth-order valence-corrected chi connectivity index (χ4v) is 3.32. The van der Waals surface area contributed by atoms with Crippen LogP contribution in [0.15, 0.2) is 41.4 Å². The van der Waals surface area contributed by atoms with Gasteiger partial charge in [0.25, 0.3) is 0 Å². The van der Waals surface area contributed by atoms with Gasteiger partial charge >= 0.3 is 0 Å². The minimum Gasteiger partial charge on any atom is -0.357 e. The first-order chi connectivity index (χ1) is 13.0. The molecule has 0 amide bonds.